The molecule has 3 heteroatoms. The van der Waals surface area contributed by atoms with Crippen molar-refractivity contribution in [2.75, 3.05) is 4.90 Å². The Hall–Kier alpha value is -12.3. The lowest BCUT2D eigenvalue weighted by Crippen LogP contribution is -2.33. The molecule has 0 radical (unpaired) electrons. The largest absolute Gasteiger partial charge is 0.456 e. The quantitative estimate of drug-likeness (QED) is 0.0481. The monoisotopic (exact) mass is 1590 g/mol. The molecule has 0 fully saturated rings. The van der Waals surface area contributed by atoms with E-state index in [9.17, 15) is 0 Å². The van der Waals surface area contributed by atoms with Crippen LogP contribution in [0.25, 0.3) is 133 Å². The van der Waals surface area contributed by atoms with Gasteiger partial charge in [0.1, 0.15) is 22.3 Å². The molecular weight excluding hydrogens is 1490 g/mol. The molecule has 2 aromatic heterocycles. The van der Waals surface area contributed by atoms with Gasteiger partial charge in [-0.15, -0.1) is 0 Å². The van der Waals surface area contributed by atoms with Gasteiger partial charge < -0.3 is 13.7 Å². The van der Waals surface area contributed by atoms with Gasteiger partial charge >= 0.3 is 0 Å². The molecule has 2 spiro atoms. The summed E-state index contributed by atoms with van der Waals surface area (Å²) in [6.45, 7) is 9.54. The SMILES string of the molecule is CCCCCCCC1(CCCCCCC)c2ccccc2-c2c1c1c(c3oc4ccccc4c23)-c2ccc(N(c3ccc4c(c3)C3(c5ccccc5-c5ccccc53)c3cc5c(cc3-4)C3(c4ccccc4-c4ccccc43)c3ccc4oc6ccccc6c4c3-5)c3c(-c4ccccc4)cccc3-c3ccccc3)cc2C1(CCCCCC)CCCCCC. The molecule has 0 aliphatic heterocycles. The van der Waals surface area contributed by atoms with Crippen molar-refractivity contribution in [3.05, 3.63) is 376 Å². The molecule has 3 nitrogen and oxygen atoms in total. The summed E-state index contributed by atoms with van der Waals surface area (Å²) in [6.07, 6.45) is 26.3. The molecule has 17 aromatic rings. The van der Waals surface area contributed by atoms with E-state index in [-0.39, 0.29) is 10.8 Å². The van der Waals surface area contributed by atoms with E-state index >= 15 is 0 Å². The number of nitrogens with zero attached hydrogens (tertiary/aromatic N) is 1. The third kappa shape index (κ3) is 11.0. The molecule has 15 aromatic carbocycles. The fourth-order valence-electron chi connectivity index (χ4n) is 25.3. The Kier molecular flexibility index (Phi) is 18.7. The molecule has 6 aliphatic rings. The normalized spacial score (nSPS) is 14.7. The van der Waals surface area contributed by atoms with Crippen molar-refractivity contribution in [2.45, 2.75) is 191 Å². The van der Waals surface area contributed by atoms with Crippen LogP contribution in [0, 0.1) is 0 Å². The van der Waals surface area contributed by atoms with Gasteiger partial charge in [0.15, 0.2) is 0 Å². The van der Waals surface area contributed by atoms with E-state index in [1.165, 1.54) is 258 Å². The molecule has 604 valence electrons. The average Bonchev–Trinajstić information content (AvgIpc) is 1.43. The number of unbranched alkanes of at least 4 members (excludes halogenated alkanes) is 14. The molecule has 2 heterocycles. The summed E-state index contributed by atoms with van der Waals surface area (Å²) in [4.78, 5) is 2.77. The first kappa shape index (κ1) is 75.7. The van der Waals surface area contributed by atoms with Crippen molar-refractivity contribution in [3.8, 4) is 89.0 Å². The number of furan rings is 2. The molecule has 0 saturated carbocycles. The van der Waals surface area contributed by atoms with Crippen molar-refractivity contribution in [3.63, 3.8) is 0 Å². The molecule has 0 saturated heterocycles. The van der Waals surface area contributed by atoms with E-state index in [1.807, 2.05) is 0 Å². The Morgan fingerprint density at radius 3 is 1.16 bits per heavy atom. The minimum Gasteiger partial charge on any atom is -0.456 e. The fraction of sp³-hybridized carbons (Fsp3) is 0.250. The highest BCUT2D eigenvalue weighted by molar-refractivity contribution is 6.22. The van der Waals surface area contributed by atoms with Gasteiger partial charge in [-0.05, 0) is 219 Å². The Bertz CT molecular complexity index is 6860. The van der Waals surface area contributed by atoms with Crippen LogP contribution in [0.2, 0.25) is 0 Å². The molecule has 0 atom stereocenters. The van der Waals surface area contributed by atoms with E-state index in [0.717, 1.165) is 83.3 Å². The summed E-state index contributed by atoms with van der Waals surface area (Å²) in [5.41, 5.74) is 42.7. The molecule has 6 aliphatic carbocycles. The second kappa shape index (κ2) is 30.3. The van der Waals surface area contributed by atoms with Crippen molar-refractivity contribution < 1.29 is 8.83 Å². The maximum absolute atomic E-state index is 7.82. The summed E-state index contributed by atoms with van der Waals surface area (Å²) in [6, 6.07) is 121. The number of hydrogen-bond donors (Lipinski definition) is 0. The van der Waals surface area contributed by atoms with Crippen LogP contribution in [-0.2, 0) is 21.7 Å². The highest BCUT2D eigenvalue weighted by atomic mass is 16.3. The minimum atomic E-state index is -0.760. The predicted octanol–water partition coefficient (Wildman–Crippen LogP) is 34.2. The fourth-order valence-corrected chi connectivity index (χ4v) is 25.3. The number of anilines is 3. The summed E-state index contributed by atoms with van der Waals surface area (Å²) in [5, 5.41) is 4.87. The van der Waals surface area contributed by atoms with Gasteiger partial charge in [-0.25, -0.2) is 0 Å². The number of para-hydroxylation sites is 3. The van der Waals surface area contributed by atoms with Gasteiger partial charge in [0.2, 0.25) is 0 Å². The van der Waals surface area contributed by atoms with Crippen LogP contribution >= 0.6 is 0 Å². The van der Waals surface area contributed by atoms with E-state index in [1.54, 1.807) is 16.7 Å². The maximum atomic E-state index is 7.82. The molecule has 23 rings (SSSR count). The first-order valence-electron chi connectivity index (χ1n) is 46.9. The van der Waals surface area contributed by atoms with Crippen molar-refractivity contribution >= 4 is 60.9 Å². The first-order chi connectivity index (χ1) is 60.9. The van der Waals surface area contributed by atoms with Crippen LogP contribution in [0.3, 0.4) is 0 Å². The smallest absolute Gasteiger partial charge is 0.144 e. The van der Waals surface area contributed by atoms with Gasteiger partial charge in [0.05, 0.1) is 16.5 Å². The Labute approximate surface area is 725 Å². The summed E-state index contributed by atoms with van der Waals surface area (Å²) < 4.78 is 14.8. The topological polar surface area (TPSA) is 29.5 Å². The highest BCUT2D eigenvalue weighted by Gasteiger charge is 2.59. The summed E-state index contributed by atoms with van der Waals surface area (Å²) in [7, 11) is 0. The second-order valence-corrected chi connectivity index (χ2v) is 36.8. The first-order valence-corrected chi connectivity index (χ1v) is 46.9. The number of hydrogen-bond acceptors (Lipinski definition) is 3. The van der Waals surface area contributed by atoms with Crippen LogP contribution in [-0.4, -0.2) is 0 Å². The predicted molar refractivity (Wildman–Crippen MR) is 516 cm³/mol. The molecule has 0 bridgehead atoms. The summed E-state index contributed by atoms with van der Waals surface area (Å²) >= 11 is 0. The Morgan fingerprint density at radius 1 is 0.236 bits per heavy atom. The molecule has 123 heavy (non-hydrogen) atoms. The highest BCUT2D eigenvalue weighted by Crippen LogP contribution is 2.72. The van der Waals surface area contributed by atoms with E-state index < -0.39 is 10.8 Å². The summed E-state index contributed by atoms with van der Waals surface area (Å²) in [5.74, 6) is 0. The van der Waals surface area contributed by atoms with E-state index in [4.69, 9.17) is 8.83 Å². The van der Waals surface area contributed by atoms with Crippen LogP contribution in [0.15, 0.2) is 318 Å². The Morgan fingerprint density at radius 2 is 0.618 bits per heavy atom. The van der Waals surface area contributed by atoms with Gasteiger partial charge in [-0.3, -0.25) is 0 Å². The zero-order chi connectivity index (χ0) is 82.1. The van der Waals surface area contributed by atoms with Gasteiger partial charge in [0, 0.05) is 60.4 Å². The lowest BCUT2D eigenvalue weighted by Gasteiger charge is -2.40. The third-order valence-corrected chi connectivity index (χ3v) is 30.3. The van der Waals surface area contributed by atoms with Gasteiger partial charge in [-0.1, -0.05) is 398 Å². The van der Waals surface area contributed by atoms with Crippen molar-refractivity contribution in [1.82, 2.24) is 0 Å². The van der Waals surface area contributed by atoms with Crippen LogP contribution in [0.1, 0.15) is 236 Å². The maximum Gasteiger partial charge on any atom is 0.144 e. The number of fused-ring (bicyclic) bond motifs is 36. The van der Waals surface area contributed by atoms with Crippen molar-refractivity contribution in [2.24, 2.45) is 0 Å². The lowest BCUT2D eigenvalue weighted by atomic mass is 9.62. The molecular formula is C120H107NO2. The Balaban J connectivity index is 0.827. The standard InChI is InChI=1S/C120H107NO2/c1-5-9-13-17-41-70-117(71-42-18-14-10-6-2)95-57-32-29-52-89(95)110-111-92-54-31-38-63-106(92)123-116(111)112-90-67-65-80(74-101(90)118(114(112)113(110)117,72-39-15-11-7-3)73-40-16-12-8-4)121(115-82(78-44-21-19-22-45-78)55-43-56-83(115)79-46-23-20-24-47-79)81-64-66-88-93-76-104-94(77-103(93)120(102(88)75-81)98-60-35-27-50-86(98)87-51-28-36-61-99(87)120)108-100(68-69-107-109(108)91-53-30-37-62-105(91)122-107)119(104)96-58-33-25-48-84(96)85-49-26-34-59-97(85)119/h19-38,43-69,74-77H,5-18,39-42,70-73H2,1-4H3. The molecule has 0 unspecified atom stereocenters. The molecule has 0 amide bonds. The van der Waals surface area contributed by atoms with E-state index in [2.05, 4.69) is 342 Å². The average molecular weight is 1600 g/mol. The van der Waals surface area contributed by atoms with Gasteiger partial charge in [0.25, 0.3) is 0 Å². The zero-order valence-electron chi connectivity index (χ0n) is 71.8. The van der Waals surface area contributed by atoms with Crippen molar-refractivity contribution in [1.29, 1.82) is 0 Å². The minimum absolute atomic E-state index is 0.208. The van der Waals surface area contributed by atoms with Crippen LogP contribution in [0.5, 0.6) is 0 Å². The van der Waals surface area contributed by atoms with E-state index in [0.29, 0.717) is 0 Å². The number of benzene rings is 15. The van der Waals surface area contributed by atoms with Gasteiger partial charge in [-0.2, -0.15) is 0 Å². The zero-order valence-corrected chi connectivity index (χ0v) is 71.8. The molecule has 0 N–H and O–H groups in total. The lowest BCUT2D eigenvalue weighted by molar-refractivity contribution is 0.369. The number of rotatable bonds is 27. The van der Waals surface area contributed by atoms with Crippen LogP contribution < -0.4 is 4.90 Å². The third-order valence-electron chi connectivity index (χ3n) is 30.3. The van der Waals surface area contributed by atoms with Crippen LogP contribution in [0.4, 0.5) is 17.1 Å². The second-order valence-electron chi connectivity index (χ2n) is 36.8.